The number of halogens is 2. The molecular weight excluding hydrogens is 433 g/mol. The van der Waals surface area contributed by atoms with E-state index in [1.165, 1.54) is 31.4 Å². The third kappa shape index (κ3) is 4.80. The average Bonchev–Trinajstić information content (AvgIpc) is 2.70. The molecule has 30 heavy (non-hydrogen) atoms. The third-order valence-corrected chi connectivity index (χ3v) is 5.81. The molecule has 3 rings (SSSR count). The van der Waals surface area contributed by atoms with Gasteiger partial charge in [-0.3, -0.25) is 4.72 Å². The fraction of sp³-hybridized carbons (Fsp3) is 0.200. The van der Waals surface area contributed by atoms with Gasteiger partial charge in [-0.05, 0) is 35.7 Å². The number of methoxy groups -OCH3 is 1. The summed E-state index contributed by atoms with van der Waals surface area (Å²) in [7, 11) is -2.61. The van der Waals surface area contributed by atoms with Gasteiger partial charge in [-0.25, -0.2) is 22.8 Å². The highest BCUT2D eigenvalue weighted by Gasteiger charge is 2.22. The minimum absolute atomic E-state index is 0.0177. The summed E-state index contributed by atoms with van der Waals surface area (Å²) < 4.78 is 52.4. The van der Waals surface area contributed by atoms with Gasteiger partial charge in [0.05, 0.1) is 12.0 Å². The van der Waals surface area contributed by atoms with Crippen LogP contribution in [0.15, 0.2) is 53.7 Å². The van der Waals surface area contributed by atoms with Crippen LogP contribution in [0, 0.1) is 5.82 Å². The van der Waals surface area contributed by atoms with Gasteiger partial charge in [0.1, 0.15) is 12.1 Å². The SMILES string of the molecule is COc1ccc(F)cc1Oc1c(Cl)ncnc1NS(=O)(=O)c1ccc(C(C)C)cc1. The molecule has 3 aromatic rings. The number of hydrogen-bond donors (Lipinski definition) is 1. The monoisotopic (exact) mass is 451 g/mol. The fourth-order valence-corrected chi connectivity index (χ4v) is 3.76. The summed E-state index contributed by atoms with van der Waals surface area (Å²) in [6, 6.07) is 10.1. The maximum Gasteiger partial charge on any atom is 0.263 e. The minimum atomic E-state index is -4.00. The summed E-state index contributed by atoms with van der Waals surface area (Å²) in [6.45, 7) is 4.02. The predicted octanol–water partition coefficient (Wildman–Crippen LogP) is 4.99. The zero-order chi connectivity index (χ0) is 21.9. The molecule has 1 N–H and O–H groups in total. The fourth-order valence-electron chi connectivity index (χ4n) is 2.57. The maximum atomic E-state index is 13.7. The molecule has 10 heteroatoms. The van der Waals surface area contributed by atoms with E-state index in [2.05, 4.69) is 14.7 Å². The standard InChI is InChI=1S/C20H19ClFN3O4S/c1-12(2)13-4-7-15(8-5-13)30(26,27)25-20-18(19(21)23-11-24-20)29-17-10-14(22)6-9-16(17)28-3/h4-12H,1-3H3,(H,23,24,25). The van der Waals surface area contributed by atoms with Crippen LogP contribution in [0.3, 0.4) is 0 Å². The highest BCUT2D eigenvalue weighted by Crippen LogP contribution is 2.38. The van der Waals surface area contributed by atoms with E-state index in [1.54, 1.807) is 12.1 Å². The van der Waals surface area contributed by atoms with Crippen LogP contribution in [0.4, 0.5) is 10.2 Å². The van der Waals surface area contributed by atoms with Crippen LogP contribution in [-0.4, -0.2) is 25.5 Å². The summed E-state index contributed by atoms with van der Waals surface area (Å²) in [5.74, 6) is -0.507. The Morgan fingerprint density at radius 3 is 2.40 bits per heavy atom. The van der Waals surface area contributed by atoms with Crippen LogP contribution >= 0.6 is 11.6 Å². The summed E-state index contributed by atoms with van der Waals surface area (Å²) >= 11 is 6.10. The molecule has 1 aromatic heterocycles. The average molecular weight is 452 g/mol. The molecule has 7 nitrogen and oxygen atoms in total. The Kier molecular flexibility index (Phi) is 6.42. The molecule has 0 amide bonds. The topological polar surface area (TPSA) is 90.4 Å². The Hall–Kier alpha value is -2.91. The molecule has 0 unspecified atom stereocenters. The van der Waals surface area contributed by atoms with Crippen molar-refractivity contribution in [2.75, 3.05) is 11.8 Å². The highest BCUT2D eigenvalue weighted by molar-refractivity contribution is 7.92. The normalized spacial score (nSPS) is 11.4. The van der Waals surface area contributed by atoms with E-state index in [-0.39, 0.29) is 39.0 Å². The van der Waals surface area contributed by atoms with Crippen molar-refractivity contribution in [2.45, 2.75) is 24.7 Å². The molecule has 0 aliphatic heterocycles. The third-order valence-electron chi connectivity index (χ3n) is 4.19. The number of anilines is 1. The molecule has 0 atom stereocenters. The first-order chi connectivity index (χ1) is 14.2. The van der Waals surface area contributed by atoms with Crippen molar-refractivity contribution in [3.8, 4) is 17.2 Å². The van der Waals surface area contributed by atoms with E-state index in [0.717, 1.165) is 18.0 Å². The first-order valence-corrected chi connectivity index (χ1v) is 10.7. The largest absolute Gasteiger partial charge is 0.493 e. The maximum absolute atomic E-state index is 13.7. The van der Waals surface area contributed by atoms with E-state index in [4.69, 9.17) is 21.1 Å². The lowest BCUT2D eigenvalue weighted by molar-refractivity contribution is 0.376. The van der Waals surface area contributed by atoms with Gasteiger partial charge in [0.25, 0.3) is 10.0 Å². The van der Waals surface area contributed by atoms with Crippen LogP contribution in [0.5, 0.6) is 17.2 Å². The van der Waals surface area contributed by atoms with Gasteiger partial charge < -0.3 is 9.47 Å². The van der Waals surface area contributed by atoms with Crippen LogP contribution in [0.1, 0.15) is 25.3 Å². The van der Waals surface area contributed by atoms with Gasteiger partial charge in [0, 0.05) is 6.07 Å². The smallest absolute Gasteiger partial charge is 0.263 e. The van der Waals surface area contributed by atoms with Crippen molar-refractivity contribution < 1.29 is 22.3 Å². The Bertz CT molecular complexity index is 1160. The first kappa shape index (κ1) is 21.8. The summed E-state index contributed by atoms with van der Waals surface area (Å²) in [4.78, 5) is 7.77. The molecule has 0 saturated carbocycles. The van der Waals surface area contributed by atoms with Gasteiger partial charge >= 0.3 is 0 Å². The van der Waals surface area contributed by atoms with Crippen LogP contribution in [-0.2, 0) is 10.0 Å². The molecule has 0 bridgehead atoms. The second kappa shape index (κ2) is 8.85. The lowest BCUT2D eigenvalue weighted by atomic mass is 10.0. The van der Waals surface area contributed by atoms with E-state index >= 15 is 0 Å². The van der Waals surface area contributed by atoms with Crippen molar-refractivity contribution in [1.82, 2.24) is 9.97 Å². The van der Waals surface area contributed by atoms with Crippen molar-refractivity contribution in [3.63, 3.8) is 0 Å². The van der Waals surface area contributed by atoms with E-state index < -0.39 is 15.8 Å². The number of rotatable bonds is 7. The molecule has 0 aliphatic rings. The first-order valence-electron chi connectivity index (χ1n) is 8.86. The lowest BCUT2D eigenvalue weighted by Gasteiger charge is -2.15. The van der Waals surface area contributed by atoms with Gasteiger partial charge in [-0.2, -0.15) is 0 Å². The van der Waals surface area contributed by atoms with Crippen LogP contribution in [0.25, 0.3) is 0 Å². The van der Waals surface area contributed by atoms with E-state index in [9.17, 15) is 12.8 Å². The van der Waals surface area contributed by atoms with Gasteiger partial charge in [-0.15, -0.1) is 0 Å². The number of sulfonamides is 1. The van der Waals surface area contributed by atoms with Crippen LogP contribution in [0.2, 0.25) is 5.15 Å². The van der Waals surface area contributed by atoms with E-state index in [0.29, 0.717) is 0 Å². The number of ether oxygens (including phenoxy) is 2. The zero-order valence-electron chi connectivity index (χ0n) is 16.4. The Morgan fingerprint density at radius 2 is 1.77 bits per heavy atom. The molecule has 0 aliphatic carbocycles. The molecule has 1 heterocycles. The number of aromatic nitrogens is 2. The predicted molar refractivity (Wildman–Crippen MR) is 111 cm³/mol. The quantitative estimate of drug-likeness (QED) is 0.508. The molecule has 0 saturated heterocycles. The summed E-state index contributed by atoms with van der Waals surface area (Å²) in [5, 5.41) is -0.163. The van der Waals surface area contributed by atoms with Gasteiger partial charge in [0.15, 0.2) is 22.5 Å². The molecule has 0 spiro atoms. The summed E-state index contributed by atoms with van der Waals surface area (Å²) in [6.07, 6.45) is 1.08. The molecule has 0 radical (unpaired) electrons. The van der Waals surface area contributed by atoms with Crippen molar-refractivity contribution in [3.05, 3.63) is 65.3 Å². The molecule has 0 fully saturated rings. The Morgan fingerprint density at radius 1 is 1.07 bits per heavy atom. The summed E-state index contributed by atoms with van der Waals surface area (Å²) in [5.41, 5.74) is 1.00. The second-order valence-electron chi connectivity index (χ2n) is 6.57. The molecule has 158 valence electrons. The highest BCUT2D eigenvalue weighted by atomic mass is 35.5. The Balaban J connectivity index is 1.96. The van der Waals surface area contributed by atoms with Gasteiger partial charge in [0.2, 0.25) is 5.75 Å². The second-order valence-corrected chi connectivity index (χ2v) is 8.61. The van der Waals surface area contributed by atoms with Crippen molar-refractivity contribution >= 4 is 27.4 Å². The zero-order valence-corrected chi connectivity index (χ0v) is 18.0. The minimum Gasteiger partial charge on any atom is -0.493 e. The van der Waals surface area contributed by atoms with Crippen LogP contribution < -0.4 is 14.2 Å². The number of benzene rings is 2. The Labute approximate surface area is 178 Å². The number of nitrogens with zero attached hydrogens (tertiary/aromatic N) is 2. The van der Waals surface area contributed by atoms with Crippen molar-refractivity contribution in [1.29, 1.82) is 0 Å². The van der Waals surface area contributed by atoms with Gasteiger partial charge in [-0.1, -0.05) is 37.6 Å². The molecule has 2 aromatic carbocycles. The molecular formula is C20H19ClFN3O4S. The lowest BCUT2D eigenvalue weighted by Crippen LogP contribution is -2.15. The number of hydrogen-bond acceptors (Lipinski definition) is 6. The number of nitrogens with one attached hydrogen (secondary N) is 1. The van der Waals surface area contributed by atoms with Crippen molar-refractivity contribution in [2.24, 2.45) is 0 Å². The van der Waals surface area contributed by atoms with E-state index in [1.807, 2.05) is 13.8 Å².